The molecule has 1 N–H and O–H groups in total. The molecule has 1 aliphatic rings. The minimum Gasteiger partial charge on any atom is -0.490 e. The van der Waals surface area contributed by atoms with Crippen molar-refractivity contribution in [3.05, 3.63) is 53.9 Å². The highest BCUT2D eigenvalue weighted by atomic mass is 16.5. The van der Waals surface area contributed by atoms with Crippen LogP contribution in [-0.4, -0.2) is 47.4 Å². The maximum absolute atomic E-state index is 12.6. The van der Waals surface area contributed by atoms with Crippen LogP contribution >= 0.6 is 0 Å². The third kappa shape index (κ3) is 4.60. The van der Waals surface area contributed by atoms with Crippen LogP contribution in [0, 0.1) is 0 Å². The van der Waals surface area contributed by atoms with Gasteiger partial charge in [-0.3, -0.25) is 14.6 Å². The second-order valence-electron chi connectivity index (χ2n) is 6.48. The Balaban J connectivity index is 1.69. The van der Waals surface area contributed by atoms with Gasteiger partial charge in [-0.1, -0.05) is 6.07 Å². The number of amides is 2. The van der Waals surface area contributed by atoms with E-state index in [1.54, 1.807) is 35.5 Å². The van der Waals surface area contributed by atoms with Gasteiger partial charge in [0.1, 0.15) is 12.6 Å². The number of ether oxygens (including phenoxy) is 2. The van der Waals surface area contributed by atoms with Crippen molar-refractivity contribution in [3.63, 3.8) is 0 Å². The van der Waals surface area contributed by atoms with Crippen LogP contribution in [0.2, 0.25) is 0 Å². The number of hydrogen-bond donors (Lipinski definition) is 1. The molecule has 0 aliphatic carbocycles. The largest absolute Gasteiger partial charge is 0.490 e. The Morgan fingerprint density at radius 2 is 2.11 bits per heavy atom. The zero-order chi connectivity index (χ0) is 19.9. The Hall–Kier alpha value is -3.09. The summed E-state index contributed by atoms with van der Waals surface area (Å²) in [6.45, 7) is 5.92. The molecule has 3 rings (SSSR count). The molecule has 1 aliphatic heterocycles. The fourth-order valence-electron chi connectivity index (χ4n) is 3.11. The van der Waals surface area contributed by atoms with Crippen molar-refractivity contribution >= 4 is 11.8 Å². The zero-order valence-electron chi connectivity index (χ0n) is 16.2. The van der Waals surface area contributed by atoms with E-state index in [1.165, 1.54) is 0 Å². The number of nitrogens with one attached hydrogen (secondary N) is 1. The molecule has 7 nitrogen and oxygen atoms in total. The van der Waals surface area contributed by atoms with Crippen LogP contribution in [-0.2, 0) is 11.4 Å². The van der Waals surface area contributed by atoms with Crippen LogP contribution in [0.3, 0.4) is 0 Å². The molecule has 1 saturated heterocycles. The average Bonchev–Trinajstić information content (AvgIpc) is 3.07. The van der Waals surface area contributed by atoms with Crippen LogP contribution < -0.4 is 14.8 Å². The maximum Gasteiger partial charge on any atom is 0.252 e. The summed E-state index contributed by atoms with van der Waals surface area (Å²) in [5.74, 6) is 0.719. The van der Waals surface area contributed by atoms with E-state index < -0.39 is 6.04 Å². The number of carbonyl (C=O) groups excluding carboxylic acids is 2. The van der Waals surface area contributed by atoms with Gasteiger partial charge >= 0.3 is 0 Å². The predicted octanol–water partition coefficient (Wildman–Crippen LogP) is 2.41. The van der Waals surface area contributed by atoms with E-state index in [2.05, 4.69) is 10.3 Å². The molecule has 0 saturated carbocycles. The highest BCUT2D eigenvalue weighted by Gasteiger charge is 2.31. The number of likely N-dealkylation sites (N-methyl/N-ethyl adjacent to an activating group) is 1. The first kappa shape index (κ1) is 19.7. The first-order valence-corrected chi connectivity index (χ1v) is 9.50. The van der Waals surface area contributed by atoms with Crippen molar-refractivity contribution in [2.45, 2.75) is 32.9 Å². The number of benzene rings is 1. The lowest BCUT2D eigenvalue weighted by Gasteiger charge is -2.16. The fourth-order valence-corrected chi connectivity index (χ4v) is 3.11. The van der Waals surface area contributed by atoms with Gasteiger partial charge in [-0.2, -0.15) is 0 Å². The van der Waals surface area contributed by atoms with Gasteiger partial charge in [0, 0.05) is 36.6 Å². The Morgan fingerprint density at radius 3 is 2.79 bits per heavy atom. The van der Waals surface area contributed by atoms with Crippen LogP contribution in [0.25, 0.3) is 0 Å². The topological polar surface area (TPSA) is 80.8 Å². The van der Waals surface area contributed by atoms with Crippen LogP contribution in [0.5, 0.6) is 11.5 Å². The molecule has 0 radical (unpaired) electrons. The number of hydrogen-bond acceptors (Lipinski definition) is 5. The van der Waals surface area contributed by atoms with Crippen molar-refractivity contribution in [1.29, 1.82) is 0 Å². The standard InChI is InChI=1S/C21H25N3O4/c1-3-24-11-9-17(21(24)26)23-20(25)16-7-8-18(19(12-16)27-4-2)28-14-15-6-5-10-22-13-15/h5-8,10,12-13,17H,3-4,9,11,14H2,1-2H3,(H,23,25). The fraction of sp³-hybridized carbons (Fsp3) is 0.381. The first-order valence-electron chi connectivity index (χ1n) is 9.50. The lowest BCUT2D eigenvalue weighted by atomic mass is 10.1. The number of aromatic nitrogens is 1. The molecule has 0 spiro atoms. The van der Waals surface area contributed by atoms with Gasteiger partial charge in [-0.15, -0.1) is 0 Å². The van der Waals surface area contributed by atoms with E-state index >= 15 is 0 Å². The SMILES string of the molecule is CCOc1cc(C(=O)NC2CCN(CC)C2=O)ccc1OCc1cccnc1. The summed E-state index contributed by atoms with van der Waals surface area (Å²) >= 11 is 0. The minimum atomic E-state index is -0.468. The zero-order valence-corrected chi connectivity index (χ0v) is 16.2. The molecule has 1 aromatic heterocycles. The summed E-state index contributed by atoms with van der Waals surface area (Å²) in [7, 11) is 0. The Bertz CT molecular complexity index is 826. The minimum absolute atomic E-state index is 0.0303. The van der Waals surface area contributed by atoms with Crippen molar-refractivity contribution in [3.8, 4) is 11.5 Å². The summed E-state index contributed by atoms with van der Waals surface area (Å²) in [4.78, 5) is 30.6. The number of nitrogens with zero attached hydrogens (tertiary/aromatic N) is 2. The van der Waals surface area contributed by atoms with Crippen molar-refractivity contribution in [1.82, 2.24) is 15.2 Å². The van der Waals surface area contributed by atoms with Crippen molar-refractivity contribution in [2.75, 3.05) is 19.7 Å². The van der Waals surface area contributed by atoms with Crippen molar-refractivity contribution < 1.29 is 19.1 Å². The number of pyridine rings is 1. The van der Waals surface area contributed by atoms with Gasteiger partial charge < -0.3 is 19.7 Å². The van der Waals surface area contributed by atoms with E-state index in [9.17, 15) is 9.59 Å². The third-order valence-corrected chi connectivity index (χ3v) is 4.61. The first-order chi connectivity index (χ1) is 13.6. The number of carbonyl (C=O) groups is 2. The molecule has 28 heavy (non-hydrogen) atoms. The maximum atomic E-state index is 12.6. The second kappa shape index (κ2) is 9.21. The molecule has 2 aromatic rings. The lowest BCUT2D eigenvalue weighted by molar-refractivity contribution is -0.129. The van der Waals surface area contributed by atoms with E-state index in [0.29, 0.717) is 49.8 Å². The Labute approximate surface area is 164 Å². The van der Waals surface area contributed by atoms with E-state index in [-0.39, 0.29) is 11.8 Å². The number of rotatable bonds is 8. The molecular weight excluding hydrogens is 358 g/mol. The smallest absolute Gasteiger partial charge is 0.252 e. The van der Waals surface area contributed by atoms with E-state index in [1.807, 2.05) is 26.0 Å². The highest BCUT2D eigenvalue weighted by Crippen LogP contribution is 2.29. The van der Waals surface area contributed by atoms with E-state index in [4.69, 9.17) is 9.47 Å². The molecule has 1 fully saturated rings. The lowest BCUT2D eigenvalue weighted by Crippen LogP contribution is -2.41. The van der Waals surface area contributed by atoms with Crippen LogP contribution in [0.15, 0.2) is 42.7 Å². The second-order valence-corrected chi connectivity index (χ2v) is 6.48. The van der Waals surface area contributed by atoms with Gasteiger partial charge in [0.2, 0.25) is 5.91 Å². The average molecular weight is 383 g/mol. The molecule has 2 amide bonds. The Morgan fingerprint density at radius 1 is 1.25 bits per heavy atom. The molecule has 0 bridgehead atoms. The van der Waals surface area contributed by atoms with Crippen LogP contribution in [0.4, 0.5) is 0 Å². The third-order valence-electron chi connectivity index (χ3n) is 4.61. The summed E-state index contributed by atoms with van der Waals surface area (Å²) in [5.41, 5.74) is 1.37. The molecular formula is C21H25N3O4. The number of likely N-dealkylation sites (tertiary alicyclic amines) is 1. The van der Waals surface area contributed by atoms with Gasteiger partial charge in [0.15, 0.2) is 11.5 Å². The molecule has 1 aromatic carbocycles. The summed E-state index contributed by atoms with van der Waals surface area (Å²) < 4.78 is 11.5. The summed E-state index contributed by atoms with van der Waals surface area (Å²) in [6, 6.07) is 8.34. The highest BCUT2D eigenvalue weighted by molar-refractivity contribution is 5.98. The predicted molar refractivity (Wildman–Crippen MR) is 104 cm³/mol. The van der Waals surface area contributed by atoms with Crippen LogP contribution in [0.1, 0.15) is 36.2 Å². The normalized spacial score (nSPS) is 16.1. The molecule has 2 heterocycles. The molecule has 1 atom stereocenters. The van der Waals surface area contributed by atoms with Gasteiger partial charge in [-0.25, -0.2) is 0 Å². The summed E-state index contributed by atoms with van der Waals surface area (Å²) in [6.07, 6.45) is 4.07. The molecule has 7 heteroatoms. The van der Waals surface area contributed by atoms with Gasteiger partial charge in [0.05, 0.1) is 6.61 Å². The van der Waals surface area contributed by atoms with Gasteiger partial charge in [-0.05, 0) is 44.5 Å². The quantitative estimate of drug-likeness (QED) is 0.757. The van der Waals surface area contributed by atoms with E-state index in [0.717, 1.165) is 5.56 Å². The molecule has 1 unspecified atom stereocenters. The monoisotopic (exact) mass is 383 g/mol. The summed E-state index contributed by atoms with van der Waals surface area (Å²) in [5, 5.41) is 2.82. The van der Waals surface area contributed by atoms with Crippen molar-refractivity contribution in [2.24, 2.45) is 0 Å². The van der Waals surface area contributed by atoms with Gasteiger partial charge in [0.25, 0.3) is 5.91 Å². The molecule has 148 valence electrons. The Kier molecular flexibility index (Phi) is 6.47.